The van der Waals surface area contributed by atoms with Crippen LogP contribution in [0.2, 0.25) is 0 Å². The van der Waals surface area contributed by atoms with Gasteiger partial charge in [-0.1, -0.05) is 5.92 Å². The highest BCUT2D eigenvalue weighted by Crippen LogP contribution is 2.14. The molecular weight excluding hydrogens is 194 g/mol. The number of hydrogen-bond donors (Lipinski definition) is 1. The Kier molecular flexibility index (Phi) is 3.34. The molecule has 0 aliphatic rings. The lowest BCUT2D eigenvalue weighted by molar-refractivity contribution is 0.0521. The molecule has 5 nitrogen and oxygen atoms in total. The standard InChI is InChI=1S/C10H13N3O2/c1-4-6-13-7(3)12-8(9(13)11)10(14)15-5-2/h1H,5-6,11H2,2-3H3. The van der Waals surface area contributed by atoms with Crippen molar-refractivity contribution in [2.75, 3.05) is 12.3 Å². The quantitative estimate of drug-likeness (QED) is 0.581. The molecule has 1 rings (SSSR count). The molecular formula is C10H13N3O2. The number of aryl methyl sites for hydroxylation is 1. The van der Waals surface area contributed by atoms with Crippen LogP contribution in [0.3, 0.4) is 0 Å². The summed E-state index contributed by atoms with van der Waals surface area (Å²) in [5.41, 5.74) is 5.85. The van der Waals surface area contributed by atoms with Gasteiger partial charge in [0, 0.05) is 0 Å². The van der Waals surface area contributed by atoms with Crippen LogP contribution < -0.4 is 5.73 Å². The fourth-order valence-corrected chi connectivity index (χ4v) is 1.22. The van der Waals surface area contributed by atoms with E-state index in [0.717, 1.165) is 0 Å². The average Bonchev–Trinajstić information content (AvgIpc) is 2.47. The third-order valence-corrected chi connectivity index (χ3v) is 1.92. The van der Waals surface area contributed by atoms with E-state index in [1.165, 1.54) is 0 Å². The van der Waals surface area contributed by atoms with Crippen molar-refractivity contribution in [3.05, 3.63) is 11.5 Å². The largest absolute Gasteiger partial charge is 0.461 e. The second kappa shape index (κ2) is 4.51. The molecule has 0 amide bonds. The van der Waals surface area contributed by atoms with E-state index in [4.69, 9.17) is 16.9 Å². The predicted octanol–water partition coefficient (Wildman–Crippen LogP) is 0.584. The lowest BCUT2D eigenvalue weighted by Crippen LogP contribution is -2.10. The number of nitrogen functional groups attached to an aromatic ring is 1. The Morgan fingerprint density at radius 3 is 2.93 bits per heavy atom. The molecule has 1 heterocycles. The fourth-order valence-electron chi connectivity index (χ4n) is 1.22. The van der Waals surface area contributed by atoms with Gasteiger partial charge in [-0.25, -0.2) is 9.78 Å². The van der Waals surface area contributed by atoms with Crippen LogP contribution in [-0.4, -0.2) is 22.1 Å². The number of nitrogens with two attached hydrogens (primary N) is 1. The lowest BCUT2D eigenvalue weighted by Gasteiger charge is -2.02. The molecule has 0 spiro atoms. The van der Waals surface area contributed by atoms with Gasteiger partial charge in [-0.15, -0.1) is 6.42 Å². The zero-order chi connectivity index (χ0) is 11.4. The van der Waals surface area contributed by atoms with E-state index in [1.54, 1.807) is 18.4 Å². The number of hydrogen-bond acceptors (Lipinski definition) is 4. The summed E-state index contributed by atoms with van der Waals surface area (Å²) in [5, 5.41) is 0. The Labute approximate surface area is 88.2 Å². The van der Waals surface area contributed by atoms with Crippen molar-refractivity contribution in [2.45, 2.75) is 20.4 Å². The summed E-state index contributed by atoms with van der Waals surface area (Å²) in [6.45, 7) is 4.04. The predicted molar refractivity (Wildman–Crippen MR) is 56.2 cm³/mol. The maximum Gasteiger partial charge on any atom is 0.360 e. The molecule has 0 saturated carbocycles. The summed E-state index contributed by atoms with van der Waals surface area (Å²) in [7, 11) is 0. The van der Waals surface area contributed by atoms with E-state index in [0.29, 0.717) is 19.0 Å². The summed E-state index contributed by atoms with van der Waals surface area (Å²) < 4.78 is 6.40. The first-order valence-electron chi connectivity index (χ1n) is 4.55. The number of aromatic nitrogens is 2. The molecule has 5 heteroatoms. The number of imidazole rings is 1. The highest BCUT2D eigenvalue weighted by atomic mass is 16.5. The first-order valence-corrected chi connectivity index (χ1v) is 4.55. The molecule has 0 aliphatic heterocycles. The van der Waals surface area contributed by atoms with Crippen LogP contribution in [0.5, 0.6) is 0 Å². The van der Waals surface area contributed by atoms with Gasteiger partial charge in [0.15, 0.2) is 5.69 Å². The molecule has 0 aliphatic carbocycles. The van der Waals surface area contributed by atoms with Gasteiger partial charge in [-0.3, -0.25) is 0 Å². The van der Waals surface area contributed by atoms with Crippen LogP contribution in [0.15, 0.2) is 0 Å². The highest BCUT2D eigenvalue weighted by molar-refractivity contribution is 5.92. The van der Waals surface area contributed by atoms with Crippen molar-refractivity contribution in [3.63, 3.8) is 0 Å². The Balaban J connectivity index is 3.07. The van der Waals surface area contributed by atoms with E-state index in [2.05, 4.69) is 10.9 Å². The van der Waals surface area contributed by atoms with E-state index >= 15 is 0 Å². The van der Waals surface area contributed by atoms with Gasteiger partial charge in [0.2, 0.25) is 0 Å². The fraction of sp³-hybridized carbons (Fsp3) is 0.400. The Bertz CT molecular complexity index is 415. The van der Waals surface area contributed by atoms with Crippen LogP contribution in [-0.2, 0) is 11.3 Å². The van der Waals surface area contributed by atoms with Gasteiger partial charge in [-0.05, 0) is 13.8 Å². The van der Waals surface area contributed by atoms with Gasteiger partial charge in [-0.2, -0.15) is 0 Å². The second-order valence-electron chi connectivity index (χ2n) is 2.90. The van der Waals surface area contributed by atoms with E-state index in [-0.39, 0.29) is 11.5 Å². The molecule has 0 aromatic carbocycles. The summed E-state index contributed by atoms with van der Waals surface area (Å²) in [5.74, 6) is 2.78. The van der Waals surface area contributed by atoms with Gasteiger partial charge >= 0.3 is 5.97 Å². The van der Waals surface area contributed by atoms with E-state index < -0.39 is 5.97 Å². The molecule has 1 aromatic rings. The Morgan fingerprint density at radius 2 is 2.40 bits per heavy atom. The number of carbonyl (C=O) groups excluding carboxylic acids is 1. The number of esters is 1. The van der Waals surface area contributed by atoms with Crippen molar-refractivity contribution in [3.8, 4) is 12.3 Å². The van der Waals surface area contributed by atoms with Crippen LogP contribution in [0.1, 0.15) is 23.2 Å². The molecule has 0 bridgehead atoms. The third kappa shape index (κ3) is 2.10. The number of rotatable bonds is 3. The van der Waals surface area contributed by atoms with Crippen molar-refractivity contribution in [1.82, 2.24) is 9.55 Å². The minimum Gasteiger partial charge on any atom is -0.461 e. The van der Waals surface area contributed by atoms with Crippen LogP contribution in [0.25, 0.3) is 0 Å². The Morgan fingerprint density at radius 1 is 1.73 bits per heavy atom. The SMILES string of the molecule is C#CCn1c(C)nc(C(=O)OCC)c1N. The molecule has 0 fully saturated rings. The second-order valence-corrected chi connectivity index (χ2v) is 2.90. The molecule has 0 unspecified atom stereocenters. The minimum atomic E-state index is -0.520. The van der Waals surface area contributed by atoms with Gasteiger partial charge in [0.25, 0.3) is 0 Å². The van der Waals surface area contributed by atoms with Crippen LogP contribution in [0, 0.1) is 19.3 Å². The maximum absolute atomic E-state index is 11.4. The monoisotopic (exact) mass is 207 g/mol. The van der Waals surface area contributed by atoms with Gasteiger partial charge in [0.1, 0.15) is 11.6 Å². The topological polar surface area (TPSA) is 70.1 Å². The molecule has 15 heavy (non-hydrogen) atoms. The van der Waals surface area contributed by atoms with Crippen molar-refractivity contribution >= 4 is 11.8 Å². The maximum atomic E-state index is 11.4. The summed E-state index contributed by atoms with van der Waals surface area (Å²) >= 11 is 0. The molecule has 80 valence electrons. The molecule has 2 N–H and O–H groups in total. The van der Waals surface area contributed by atoms with Crippen LogP contribution >= 0.6 is 0 Å². The zero-order valence-corrected chi connectivity index (χ0v) is 8.78. The normalized spacial score (nSPS) is 9.67. The number of ether oxygens (including phenoxy) is 1. The highest BCUT2D eigenvalue weighted by Gasteiger charge is 2.18. The molecule has 0 atom stereocenters. The van der Waals surface area contributed by atoms with Gasteiger partial charge < -0.3 is 15.0 Å². The number of terminal acetylenes is 1. The first kappa shape index (κ1) is 11.1. The summed E-state index contributed by atoms with van der Waals surface area (Å²) in [4.78, 5) is 15.4. The van der Waals surface area contributed by atoms with Crippen LogP contribution in [0.4, 0.5) is 5.82 Å². The molecule has 1 aromatic heterocycles. The van der Waals surface area contributed by atoms with E-state index in [1.807, 2.05) is 0 Å². The minimum absolute atomic E-state index is 0.129. The number of carbonyl (C=O) groups is 1. The van der Waals surface area contributed by atoms with Crippen molar-refractivity contribution < 1.29 is 9.53 Å². The lowest BCUT2D eigenvalue weighted by atomic mass is 10.4. The smallest absolute Gasteiger partial charge is 0.360 e. The van der Waals surface area contributed by atoms with Crippen molar-refractivity contribution in [1.29, 1.82) is 0 Å². The zero-order valence-electron chi connectivity index (χ0n) is 8.78. The third-order valence-electron chi connectivity index (χ3n) is 1.92. The number of anilines is 1. The first-order chi connectivity index (χ1) is 7.11. The molecule has 0 radical (unpaired) electrons. The summed E-state index contributed by atoms with van der Waals surface area (Å²) in [6, 6.07) is 0. The van der Waals surface area contributed by atoms with Crippen molar-refractivity contribution in [2.24, 2.45) is 0 Å². The molecule has 0 saturated heterocycles. The Hall–Kier alpha value is -1.96. The van der Waals surface area contributed by atoms with Gasteiger partial charge in [0.05, 0.1) is 13.2 Å². The summed E-state index contributed by atoms with van der Waals surface area (Å²) in [6.07, 6.45) is 5.17. The number of nitrogens with zero attached hydrogens (tertiary/aromatic N) is 2. The van der Waals surface area contributed by atoms with E-state index in [9.17, 15) is 4.79 Å². The average molecular weight is 207 g/mol.